The smallest absolute Gasteiger partial charge is 0.137 e. The second-order valence-corrected chi connectivity index (χ2v) is 10.0. The molecule has 0 unspecified atom stereocenters. The van der Waals surface area contributed by atoms with Gasteiger partial charge in [0, 0.05) is 72.5 Å². The molecule has 5 heterocycles. The number of benzene rings is 1. The lowest BCUT2D eigenvalue weighted by atomic mass is 9.91. The molecular weight excluding hydrogens is 420 g/mol. The molecule has 4 aromatic rings. The summed E-state index contributed by atoms with van der Waals surface area (Å²) in [4.78, 5) is 17.5. The molecule has 0 bridgehead atoms. The standard InChI is InChI=1S/C28H30N6/c1-18-22-6-5-20(14-25(22)28(2,3)32-18)24-17-31-27-23(24)13-21(16-30-27)19-7-8-29-26(15-19)34-11-9-33(4)10-12-34/h5-8,13-17,32H,1,9-12H2,2-4H3,(H,30,31). The van der Waals surface area contributed by atoms with Crippen molar-refractivity contribution in [2.24, 2.45) is 0 Å². The van der Waals surface area contributed by atoms with Crippen molar-refractivity contribution in [3.63, 3.8) is 0 Å². The summed E-state index contributed by atoms with van der Waals surface area (Å²) in [5.41, 5.74) is 8.81. The molecule has 2 aliphatic heterocycles. The van der Waals surface area contributed by atoms with Crippen molar-refractivity contribution in [1.29, 1.82) is 0 Å². The Morgan fingerprint density at radius 3 is 2.56 bits per heavy atom. The largest absolute Gasteiger partial charge is 0.376 e. The van der Waals surface area contributed by atoms with Crippen molar-refractivity contribution < 1.29 is 0 Å². The maximum Gasteiger partial charge on any atom is 0.137 e. The van der Waals surface area contributed by atoms with Gasteiger partial charge in [-0.25, -0.2) is 9.97 Å². The molecule has 172 valence electrons. The van der Waals surface area contributed by atoms with E-state index in [0.717, 1.165) is 65.4 Å². The lowest BCUT2D eigenvalue weighted by Gasteiger charge is -2.33. The zero-order chi connectivity index (χ0) is 23.4. The Hall–Kier alpha value is -3.64. The fourth-order valence-corrected chi connectivity index (χ4v) is 5.21. The van der Waals surface area contributed by atoms with Gasteiger partial charge in [-0.3, -0.25) is 0 Å². The number of fused-ring (bicyclic) bond motifs is 2. The number of hydrogen-bond donors (Lipinski definition) is 2. The highest BCUT2D eigenvalue weighted by Gasteiger charge is 2.31. The number of piperazine rings is 1. The number of pyridine rings is 2. The van der Waals surface area contributed by atoms with Crippen LogP contribution in [0.25, 0.3) is 39.0 Å². The first-order valence-electron chi connectivity index (χ1n) is 11.9. The molecule has 0 spiro atoms. The number of rotatable bonds is 3. The molecule has 2 N–H and O–H groups in total. The molecule has 0 atom stereocenters. The first-order chi connectivity index (χ1) is 16.4. The molecule has 34 heavy (non-hydrogen) atoms. The molecule has 2 aliphatic rings. The van der Waals surface area contributed by atoms with Gasteiger partial charge in [0.25, 0.3) is 0 Å². The maximum absolute atomic E-state index is 4.75. The number of likely N-dealkylation sites (N-methyl/N-ethyl adjacent to an activating group) is 1. The van der Waals surface area contributed by atoms with E-state index in [4.69, 9.17) is 4.98 Å². The summed E-state index contributed by atoms with van der Waals surface area (Å²) < 4.78 is 0. The summed E-state index contributed by atoms with van der Waals surface area (Å²) >= 11 is 0. The third kappa shape index (κ3) is 3.46. The fourth-order valence-electron chi connectivity index (χ4n) is 5.21. The lowest BCUT2D eigenvalue weighted by Crippen LogP contribution is -2.44. The minimum Gasteiger partial charge on any atom is -0.376 e. The molecule has 0 saturated carbocycles. The SMILES string of the molecule is C=C1NC(C)(C)c2cc(-c3c[nH]c4ncc(-c5ccnc(N6CCN(C)CC6)c5)cc34)ccc21. The van der Waals surface area contributed by atoms with Crippen molar-refractivity contribution in [2.75, 3.05) is 38.1 Å². The van der Waals surface area contributed by atoms with Crippen molar-refractivity contribution in [1.82, 2.24) is 25.2 Å². The van der Waals surface area contributed by atoms with Crippen molar-refractivity contribution in [2.45, 2.75) is 19.4 Å². The van der Waals surface area contributed by atoms with Gasteiger partial charge in [0.05, 0.1) is 5.54 Å². The van der Waals surface area contributed by atoms with Crippen LogP contribution in [0, 0.1) is 0 Å². The predicted molar refractivity (Wildman–Crippen MR) is 140 cm³/mol. The maximum atomic E-state index is 4.75. The summed E-state index contributed by atoms with van der Waals surface area (Å²) in [5, 5.41) is 4.63. The molecule has 0 radical (unpaired) electrons. The number of hydrogen-bond acceptors (Lipinski definition) is 5. The number of H-pyrrole nitrogens is 1. The minimum atomic E-state index is -0.130. The van der Waals surface area contributed by atoms with E-state index < -0.39 is 0 Å². The Bertz CT molecular complexity index is 1410. The van der Waals surface area contributed by atoms with Gasteiger partial charge in [-0.15, -0.1) is 0 Å². The topological polar surface area (TPSA) is 60.1 Å². The fraction of sp³-hybridized carbons (Fsp3) is 0.286. The molecular formula is C28H30N6. The van der Waals surface area contributed by atoms with Crippen LogP contribution in [0.3, 0.4) is 0 Å². The Morgan fingerprint density at radius 1 is 0.912 bits per heavy atom. The molecule has 0 aliphatic carbocycles. The van der Waals surface area contributed by atoms with E-state index in [2.05, 4.69) is 95.2 Å². The highest BCUT2D eigenvalue weighted by Crippen LogP contribution is 2.40. The van der Waals surface area contributed by atoms with Gasteiger partial charge in [0.1, 0.15) is 11.5 Å². The Labute approximate surface area is 200 Å². The average Bonchev–Trinajstić information content (AvgIpc) is 3.36. The lowest BCUT2D eigenvalue weighted by molar-refractivity contribution is 0.312. The van der Waals surface area contributed by atoms with Gasteiger partial charge in [0.2, 0.25) is 0 Å². The van der Waals surface area contributed by atoms with Crippen molar-refractivity contribution in [3.05, 3.63) is 72.7 Å². The van der Waals surface area contributed by atoms with E-state index in [1.165, 1.54) is 16.7 Å². The third-order valence-electron chi connectivity index (χ3n) is 7.23. The summed E-state index contributed by atoms with van der Waals surface area (Å²) in [6.45, 7) is 12.7. The first-order valence-corrected chi connectivity index (χ1v) is 11.9. The second kappa shape index (κ2) is 7.71. The van der Waals surface area contributed by atoms with Gasteiger partial charge in [-0.2, -0.15) is 0 Å². The van der Waals surface area contributed by atoms with Gasteiger partial charge in [-0.1, -0.05) is 18.7 Å². The van der Waals surface area contributed by atoms with Crippen LogP contribution >= 0.6 is 0 Å². The van der Waals surface area contributed by atoms with Gasteiger partial charge in [0.15, 0.2) is 0 Å². The minimum absolute atomic E-state index is 0.130. The number of nitrogens with one attached hydrogen (secondary N) is 2. The zero-order valence-corrected chi connectivity index (χ0v) is 20.0. The molecule has 1 saturated heterocycles. The van der Waals surface area contributed by atoms with E-state index >= 15 is 0 Å². The second-order valence-electron chi connectivity index (χ2n) is 10.0. The summed E-state index contributed by atoms with van der Waals surface area (Å²) in [7, 11) is 2.17. The molecule has 3 aromatic heterocycles. The average molecular weight is 451 g/mol. The normalized spacial score (nSPS) is 17.7. The van der Waals surface area contributed by atoms with E-state index in [0.29, 0.717) is 0 Å². The number of anilines is 1. The van der Waals surface area contributed by atoms with Gasteiger partial charge >= 0.3 is 0 Å². The monoisotopic (exact) mass is 450 g/mol. The molecule has 1 fully saturated rings. The van der Waals surface area contributed by atoms with Crippen molar-refractivity contribution >= 4 is 22.5 Å². The Kier molecular flexibility index (Phi) is 4.74. The van der Waals surface area contributed by atoms with Crippen LogP contribution in [0.1, 0.15) is 25.0 Å². The van der Waals surface area contributed by atoms with E-state index in [-0.39, 0.29) is 5.54 Å². The van der Waals surface area contributed by atoms with E-state index in [1.807, 2.05) is 12.4 Å². The number of aromatic nitrogens is 3. The van der Waals surface area contributed by atoms with Crippen LogP contribution in [0.4, 0.5) is 5.82 Å². The van der Waals surface area contributed by atoms with Gasteiger partial charge in [-0.05, 0) is 61.9 Å². The third-order valence-corrected chi connectivity index (χ3v) is 7.23. The van der Waals surface area contributed by atoms with Gasteiger partial charge < -0.3 is 20.1 Å². The predicted octanol–water partition coefficient (Wildman–Crippen LogP) is 4.85. The van der Waals surface area contributed by atoms with Crippen LogP contribution in [0.15, 0.2) is 61.6 Å². The summed E-state index contributed by atoms with van der Waals surface area (Å²) in [6, 6.07) is 13.1. The van der Waals surface area contributed by atoms with Crippen LogP contribution in [-0.2, 0) is 5.54 Å². The first kappa shape index (κ1) is 20.9. The molecule has 6 rings (SSSR count). The highest BCUT2D eigenvalue weighted by molar-refractivity contribution is 5.96. The van der Waals surface area contributed by atoms with Crippen molar-refractivity contribution in [3.8, 4) is 22.3 Å². The van der Waals surface area contributed by atoms with Crippen LogP contribution in [-0.4, -0.2) is 53.1 Å². The number of aromatic amines is 1. The Morgan fingerprint density at radius 2 is 1.74 bits per heavy atom. The Balaban J connectivity index is 1.38. The molecule has 6 nitrogen and oxygen atoms in total. The van der Waals surface area contributed by atoms with Crippen LogP contribution < -0.4 is 10.2 Å². The zero-order valence-electron chi connectivity index (χ0n) is 20.0. The van der Waals surface area contributed by atoms with Crippen LogP contribution in [0.2, 0.25) is 0 Å². The van der Waals surface area contributed by atoms with E-state index in [9.17, 15) is 0 Å². The molecule has 6 heteroatoms. The highest BCUT2D eigenvalue weighted by atomic mass is 15.3. The van der Waals surface area contributed by atoms with E-state index in [1.54, 1.807) is 0 Å². The molecule has 0 amide bonds. The quantitative estimate of drug-likeness (QED) is 0.467. The summed E-state index contributed by atoms with van der Waals surface area (Å²) in [5.74, 6) is 1.04. The number of nitrogens with zero attached hydrogens (tertiary/aromatic N) is 4. The molecule has 1 aromatic carbocycles. The van der Waals surface area contributed by atoms with Crippen LogP contribution in [0.5, 0.6) is 0 Å². The summed E-state index contributed by atoms with van der Waals surface area (Å²) in [6.07, 6.45) is 5.93.